The lowest BCUT2D eigenvalue weighted by Crippen LogP contribution is -2.03. The van der Waals surface area contributed by atoms with Crippen LogP contribution in [-0.2, 0) is 13.2 Å². The molecule has 0 spiro atoms. The number of aromatic nitrogens is 1. The van der Waals surface area contributed by atoms with Gasteiger partial charge in [-0.2, -0.15) is 0 Å². The van der Waals surface area contributed by atoms with Crippen LogP contribution in [-0.4, -0.2) is 4.98 Å². The molecule has 0 radical (unpaired) electrons. The molecule has 0 bridgehead atoms. The van der Waals surface area contributed by atoms with Crippen LogP contribution >= 0.6 is 15.9 Å². The molecule has 2 N–H and O–H groups in total. The fourth-order valence-corrected chi connectivity index (χ4v) is 2.03. The summed E-state index contributed by atoms with van der Waals surface area (Å²) in [6, 6.07) is 9.72. The van der Waals surface area contributed by atoms with Gasteiger partial charge in [-0.05, 0) is 39.7 Å². The molecule has 0 fully saturated rings. The van der Waals surface area contributed by atoms with Gasteiger partial charge in [0.25, 0.3) is 0 Å². The molecule has 2 aromatic rings. The molecule has 0 aliphatic carbocycles. The Bertz CT molecular complexity index is 488. The van der Waals surface area contributed by atoms with Crippen LogP contribution in [0.25, 0.3) is 0 Å². The number of halogens is 1. The van der Waals surface area contributed by atoms with Crippen molar-refractivity contribution in [2.45, 2.75) is 13.2 Å². The van der Waals surface area contributed by atoms with Crippen LogP contribution in [0.3, 0.4) is 0 Å². The van der Waals surface area contributed by atoms with Gasteiger partial charge in [-0.1, -0.05) is 12.1 Å². The predicted octanol–water partition coefficient (Wildman–Crippen LogP) is 2.88. The van der Waals surface area contributed by atoms with Crippen molar-refractivity contribution in [1.82, 2.24) is 4.98 Å². The van der Waals surface area contributed by atoms with Crippen LogP contribution in [0.2, 0.25) is 0 Å². The van der Waals surface area contributed by atoms with Crippen molar-refractivity contribution in [2.24, 2.45) is 5.73 Å². The lowest BCUT2D eigenvalue weighted by molar-refractivity contribution is 0.301. The van der Waals surface area contributed by atoms with Gasteiger partial charge in [0.15, 0.2) is 0 Å². The second-order valence-electron chi connectivity index (χ2n) is 3.58. The lowest BCUT2D eigenvalue weighted by Gasteiger charge is -2.12. The van der Waals surface area contributed by atoms with Crippen molar-refractivity contribution in [3.05, 3.63) is 58.3 Å². The van der Waals surface area contributed by atoms with Gasteiger partial charge in [-0.25, -0.2) is 0 Å². The fourth-order valence-electron chi connectivity index (χ4n) is 1.51. The molecule has 1 aromatic heterocycles. The normalized spacial score (nSPS) is 10.2. The van der Waals surface area contributed by atoms with E-state index in [1.54, 1.807) is 12.4 Å². The summed E-state index contributed by atoms with van der Waals surface area (Å²) < 4.78 is 6.72. The van der Waals surface area contributed by atoms with Crippen molar-refractivity contribution in [3.63, 3.8) is 0 Å². The minimum absolute atomic E-state index is 0.463. The Labute approximate surface area is 109 Å². The maximum absolute atomic E-state index is 5.79. The van der Waals surface area contributed by atoms with E-state index in [0.29, 0.717) is 13.2 Å². The molecule has 0 saturated carbocycles. The Balaban J connectivity index is 2.14. The number of hydrogen-bond acceptors (Lipinski definition) is 3. The van der Waals surface area contributed by atoms with Crippen molar-refractivity contribution < 1.29 is 4.74 Å². The summed E-state index contributed by atoms with van der Waals surface area (Å²) in [5.74, 6) is 0.812. The van der Waals surface area contributed by atoms with E-state index in [1.807, 2.05) is 30.3 Å². The minimum atomic E-state index is 0.463. The molecule has 4 heteroatoms. The van der Waals surface area contributed by atoms with E-state index in [9.17, 15) is 0 Å². The molecular formula is C13H13BrN2O. The van der Waals surface area contributed by atoms with E-state index in [-0.39, 0.29) is 0 Å². The number of para-hydroxylation sites is 1. The maximum Gasteiger partial charge on any atom is 0.138 e. The topological polar surface area (TPSA) is 48.1 Å². The van der Waals surface area contributed by atoms with E-state index >= 15 is 0 Å². The number of benzene rings is 1. The van der Waals surface area contributed by atoms with Crippen LogP contribution in [0.5, 0.6) is 5.75 Å². The highest BCUT2D eigenvalue weighted by molar-refractivity contribution is 9.10. The smallest absolute Gasteiger partial charge is 0.138 e. The quantitative estimate of drug-likeness (QED) is 0.943. The Morgan fingerprint density at radius 2 is 1.94 bits per heavy atom. The predicted molar refractivity (Wildman–Crippen MR) is 70.6 cm³/mol. The summed E-state index contributed by atoms with van der Waals surface area (Å²) in [6.45, 7) is 0.975. The molecule has 0 amide bonds. The zero-order valence-electron chi connectivity index (χ0n) is 9.27. The Kier molecular flexibility index (Phi) is 4.12. The first-order valence-corrected chi connectivity index (χ1v) is 6.09. The van der Waals surface area contributed by atoms with Crippen LogP contribution in [0.1, 0.15) is 11.1 Å². The average molecular weight is 293 g/mol. The minimum Gasteiger partial charge on any atom is -0.487 e. The molecule has 0 unspecified atom stereocenters. The third kappa shape index (κ3) is 3.05. The van der Waals surface area contributed by atoms with Crippen LogP contribution in [0, 0.1) is 0 Å². The Morgan fingerprint density at radius 3 is 2.65 bits per heavy atom. The Morgan fingerprint density at radius 1 is 1.18 bits per heavy atom. The van der Waals surface area contributed by atoms with E-state index in [2.05, 4.69) is 20.9 Å². The highest BCUT2D eigenvalue weighted by Crippen LogP contribution is 2.29. The zero-order valence-corrected chi connectivity index (χ0v) is 10.9. The standard InChI is InChI=1S/C13H13BrN2O/c14-12-3-1-2-11(8-15)13(12)17-9-10-4-6-16-7-5-10/h1-7H,8-9,15H2. The van der Waals surface area contributed by atoms with Crippen LogP contribution < -0.4 is 10.5 Å². The van der Waals surface area contributed by atoms with Crippen LogP contribution in [0.15, 0.2) is 47.2 Å². The zero-order chi connectivity index (χ0) is 12.1. The molecule has 0 aliphatic rings. The third-order valence-corrected chi connectivity index (χ3v) is 3.03. The van der Waals surface area contributed by atoms with Gasteiger partial charge in [0, 0.05) is 24.5 Å². The molecule has 0 saturated heterocycles. The van der Waals surface area contributed by atoms with Crippen molar-refractivity contribution in [2.75, 3.05) is 0 Å². The number of rotatable bonds is 4. The molecule has 17 heavy (non-hydrogen) atoms. The first kappa shape index (κ1) is 12.1. The molecule has 1 aromatic carbocycles. The summed E-state index contributed by atoms with van der Waals surface area (Å²) in [4.78, 5) is 3.97. The van der Waals surface area contributed by atoms with Crippen LogP contribution in [0.4, 0.5) is 0 Å². The monoisotopic (exact) mass is 292 g/mol. The summed E-state index contributed by atoms with van der Waals surface area (Å²) in [7, 11) is 0. The SMILES string of the molecule is NCc1cccc(Br)c1OCc1ccncc1. The molecule has 2 rings (SSSR count). The Hall–Kier alpha value is -1.39. The number of nitrogens with two attached hydrogens (primary N) is 1. The van der Waals surface area contributed by atoms with Gasteiger partial charge in [0.2, 0.25) is 0 Å². The summed E-state index contributed by atoms with van der Waals surface area (Å²) >= 11 is 3.47. The second kappa shape index (κ2) is 5.80. The molecule has 0 atom stereocenters. The highest BCUT2D eigenvalue weighted by atomic mass is 79.9. The van der Waals surface area contributed by atoms with E-state index < -0.39 is 0 Å². The summed E-state index contributed by atoms with van der Waals surface area (Å²) in [6.07, 6.45) is 3.51. The maximum atomic E-state index is 5.79. The third-order valence-electron chi connectivity index (χ3n) is 2.40. The van der Waals surface area contributed by atoms with Crippen molar-refractivity contribution >= 4 is 15.9 Å². The molecule has 1 heterocycles. The van der Waals surface area contributed by atoms with E-state index in [0.717, 1.165) is 21.3 Å². The number of hydrogen-bond donors (Lipinski definition) is 1. The second-order valence-corrected chi connectivity index (χ2v) is 4.43. The molecule has 88 valence electrons. The number of nitrogens with zero attached hydrogens (tertiary/aromatic N) is 1. The highest BCUT2D eigenvalue weighted by Gasteiger charge is 2.06. The first-order valence-electron chi connectivity index (χ1n) is 5.30. The fraction of sp³-hybridized carbons (Fsp3) is 0.154. The van der Waals surface area contributed by atoms with Gasteiger partial charge in [0.1, 0.15) is 12.4 Å². The molecule has 3 nitrogen and oxygen atoms in total. The van der Waals surface area contributed by atoms with E-state index in [4.69, 9.17) is 10.5 Å². The van der Waals surface area contributed by atoms with Crippen molar-refractivity contribution in [3.8, 4) is 5.75 Å². The summed E-state index contributed by atoms with van der Waals surface area (Å²) in [5, 5.41) is 0. The number of ether oxygens (including phenoxy) is 1. The average Bonchev–Trinajstić information content (AvgIpc) is 2.38. The van der Waals surface area contributed by atoms with E-state index in [1.165, 1.54) is 0 Å². The van der Waals surface area contributed by atoms with Gasteiger partial charge in [-0.15, -0.1) is 0 Å². The lowest BCUT2D eigenvalue weighted by atomic mass is 10.2. The van der Waals surface area contributed by atoms with Gasteiger partial charge < -0.3 is 10.5 Å². The van der Waals surface area contributed by atoms with Gasteiger partial charge >= 0.3 is 0 Å². The molecule has 0 aliphatic heterocycles. The number of pyridine rings is 1. The molecular weight excluding hydrogens is 280 g/mol. The largest absolute Gasteiger partial charge is 0.487 e. The van der Waals surface area contributed by atoms with Gasteiger partial charge in [0.05, 0.1) is 4.47 Å². The van der Waals surface area contributed by atoms with Crippen molar-refractivity contribution in [1.29, 1.82) is 0 Å². The van der Waals surface area contributed by atoms with Gasteiger partial charge in [-0.3, -0.25) is 4.98 Å². The first-order chi connectivity index (χ1) is 8.31. The summed E-state index contributed by atoms with van der Waals surface area (Å²) in [5.41, 5.74) is 7.75.